The average Bonchev–Trinajstić information content (AvgIpc) is 3.17. The second-order valence-electron chi connectivity index (χ2n) is 4.74. The molecule has 0 radical (unpaired) electrons. The van der Waals surface area contributed by atoms with E-state index < -0.39 is 0 Å². The zero-order chi connectivity index (χ0) is 14.7. The summed E-state index contributed by atoms with van der Waals surface area (Å²) >= 11 is 0. The van der Waals surface area contributed by atoms with Crippen molar-refractivity contribution in [2.45, 2.75) is 6.92 Å². The van der Waals surface area contributed by atoms with Gasteiger partial charge in [0.15, 0.2) is 5.76 Å². The van der Waals surface area contributed by atoms with E-state index in [0.29, 0.717) is 11.5 Å². The maximum atomic E-state index is 11.8. The fourth-order valence-electron chi connectivity index (χ4n) is 1.97. The molecule has 0 atom stereocenters. The quantitative estimate of drug-likeness (QED) is 0.511. The number of aryl methyl sites for hydroxylation is 1. The summed E-state index contributed by atoms with van der Waals surface area (Å²) < 4.78 is 10.7. The molecule has 0 N–H and O–H groups in total. The Balaban J connectivity index is 1.76. The van der Waals surface area contributed by atoms with E-state index >= 15 is 0 Å². The van der Waals surface area contributed by atoms with Crippen molar-refractivity contribution in [1.29, 1.82) is 0 Å². The van der Waals surface area contributed by atoms with Crippen LogP contribution in [0.2, 0.25) is 0 Å². The first kappa shape index (κ1) is 13.2. The van der Waals surface area contributed by atoms with Gasteiger partial charge in [-0.3, -0.25) is 4.79 Å². The van der Waals surface area contributed by atoms with Gasteiger partial charge < -0.3 is 8.83 Å². The first-order valence-electron chi connectivity index (χ1n) is 6.65. The maximum Gasteiger partial charge on any atom is 0.221 e. The average molecular weight is 278 g/mol. The molecule has 0 aliphatic heterocycles. The van der Waals surface area contributed by atoms with Gasteiger partial charge in [-0.15, -0.1) is 0 Å². The van der Waals surface area contributed by atoms with Crippen molar-refractivity contribution >= 4 is 11.9 Å². The number of carbonyl (C=O) groups is 1. The molecule has 2 heterocycles. The van der Waals surface area contributed by atoms with Crippen LogP contribution in [0.4, 0.5) is 0 Å². The van der Waals surface area contributed by atoms with Gasteiger partial charge in [-0.2, -0.15) is 0 Å². The predicted octanol–water partition coefficient (Wildman–Crippen LogP) is 4.74. The van der Waals surface area contributed by atoms with Crippen molar-refractivity contribution in [1.82, 2.24) is 0 Å². The third-order valence-corrected chi connectivity index (χ3v) is 3.13. The molecule has 0 aliphatic rings. The van der Waals surface area contributed by atoms with E-state index in [9.17, 15) is 4.79 Å². The van der Waals surface area contributed by atoms with Gasteiger partial charge in [-0.1, -0.05) is 29.8 Å². The summed E-state index contributed by atoms with van der Waals surface area (Å²) in [6, 6.07) is 15.1. The van der Waals surface area contributed by atoms with Gasteiger partial charge in [0.25, 0.3) is 0 Å². The third kappa shape index (κ3) is 3.03. The van der Waals surface area contributed by atoms with Gasteiger partial charge >= 0.3 is 0 Å². The summed E-state index contributed by atoms with van der Waals surface area (Å²) in [5.41, 5.74) is 2.21. The van der Waals surface area contributed by atoms with Crippen LogP contribution in [0.5, 0.6) is 0 Å². The van der Waals surface area contributed by atoms with Crippen LogP contribution in [0.15, 0.2) is 69.7 Å². The van der Waals surface area contributed by atoms with Crippen LogP contribution in [-0.4, -0.2) is 5.78 Å². The van der Waals surface area contributed by atoms with Crippen LogP contribution < -0.4 is 0 Å². The van der Waals surface area contributed by atoms with Gasteiger partial charge in [-0.25, -0.2) is 0 Å². The molecule has 1 aromatic carbocycles. The lowest BCUT2D eigenvalue weighted by molar-refractivity contribution is 0.102. The number of allylic oxidation sites excluding steroid dienone is 1. The smallest absolute Gasteiger partial charge is 0.221 e. The summed E-state index contributed by atoms with van der Waals surface area (Å²) in [4.78, 5) is 11.8. The lowest BCUT2D eigenvalue weighted by atomic mass is 10.1. The number of hydrogen-bond acceptors (Lipinski definition) is 3. The largest absolute Gasteiger partial charge is 0.461 e. The Kier molecular flexibility index (Phi) is 3.56. The normalized spacial score (nSPS) is 11.1. The molecule has 0 aliphatic carbocycles. The van der Waals surface area contributed by atoms with E-state index in [1.165, 1.54) is 17.9 Å². The van der Waals surface area contributed by atoms with Gasteiger partial charge in [-0.05, 0) is 43.3 Å². The highest BCUT2D eigenvalue weighted by Gasteiger charge is 2.06. The van der Waals surface area contributed by atoms with E-state index in [1.54, 1.807) is 18.2 Å². The highest BCUT2D eigenvalue weighted by atomic mass is 16.3. The summed E-state index contributed by atoms with van der Waals surface area (Å²) in [6.07, 6.45) is 4.56. The van der Waals surface area contributed by atoms with Crippen molar-refractivity contribution in [3.63, 3.8) is 0 Å². The topological polar surface area (TPSA) is 43.4 Å². The van der Waals surface area contributed by atoms with Crippen LogP contribution >= 0.6 is 0 Å². The first-order chi connectivity index (χ1) is 10.2. The van der Waals surface area contributed by atoms with Gasteiger partial charge in [0, 0.05) is 5.56 Å². The zero-order valence-corrected chi connectivity index (χ0v) is 11.6. The number of benzene rings is 1. The Bertz CT molecular complexity index is 759. The minimum absolute atomic E-state index is 0.187. The molecule has 21 heavy (non-hydrogen) atoms. The van der Waals surface area contributed by atoms with Crippen LogP contribution in [0, 0.1) is 6.92 Å². The molecule has 3 aromatic rings. The van der Waals surface area contributed by atoms with Crippen LogP contribution in [-0.2, 0) is 0 Å². The summed E-state index contributed by atoms with van der Waals surface area (Å²) in [5.74, 6) is 1.54. The number of furan rings is 2. The van der Waals surface area contributed by atoms with E-state index in [-0.39, 0.29) is 5.78 Å². The van der Waals surface area contributed by atoms with Crippen LogP contribution in [0.3, 0.4) is 0 Å². The zero-order valence-electron chi connectivity index (χ0n) is 11.6. The lowest BCUT2D eigenvalue weighted by Crippen LogP contribution is -1.89. The number of ketones is 1. The van der Waals surface area contributed by atoms with Gasteiger partial charge in [0.05, 0.1) is 6.26 Å². The standard InChI is InChI=1S/C18H14O3/c1-13-4-6-14(7-5-13)17-11-9-15(21-17)8-10-16(19)18-3-2-12-20-18/h2-12H,1H3/b10-8+. The molecule has 104 valence electrons. The molecule has 3 heteroatoms. The minimum Gasteiger partial charge on any atom is -0.461 e. The molecule has 0 saturated heterocycles. The Morgan fingerprint density at radius 3 is 2.57 bits per heavy atom. The van der Waals surface area contributed by atoms with E-state index in [4.69, 9.17) is 8.83 Å². The number of carbonyl (C=O) groups excluding carboxylic acids is 1. The molecule has 3 rings (SSSR count). The molecule has 0 spiro atoms. The molecule has 3 nitrogen and oxygen atoms in total. The summed E-state index contributed by atoms with van der Waals surface area (Å²) in [7, 11) is 0. The summed E-state index contributed by atoms with van der Waals surface area (Å²) in [5, 5.41) is 0. The highest BCUT2D eigenvalue weighted by Crippen LogP contribution is 2.23. The van der Waals surface area contributed by atoms with Crippen molar-refractivity contribution < 1.29 is 13.6 Å². The SMILES string of the molecule is Cc1ccc(-c2ccc(/C=C/C(=O)c3ccco3)o2)cc1. The second-order valence-corrected chi connectivity index (χ2v) is 4.74. The maximum absolute atomic E-state index is 11.8. The molecular weight excluding hydrogens is 264 g/mol. The van der Waals surface area contributed by atoms with Crippen LogP contribution in [0.1, 0.15) is 21.9 Å². The fraction of sp³-hybridized carbons (Fsp3) is 0.0556. The van der Waals surface area contributed by atoms with Crippen LogP contribution in [0.25, 0.3) is 17.4 Å². The molecular formula is C18H14O3. The molecule has 0 amide bonds. The second kappa shape index (κ2) is 5.67. The monoisotopic (exact) mass is 278 g/mol. The molecule has 2 aromatic heterocycles. The number of hydrogen-bond donors (Lipinski definition) is 0. The van der Waals surface area contributed by atoms with Crippen molar-refractivity contribution in [2.75, 3.05) is 0 Å². The van der Waals surface area contributed by atoms with E-state index in [2.05, 4.69) is 0 Å². The van der Waals surface area contributed by atoms with Crippen molar-refractivity contribution in [2.24, 2.45) is 0 Å². The molecule has 0 unspecified atom stereocenters. The van der Waals surface area contributed by atoms with Gasteiger partial charge in [0.1, 0.15) is 11.5 Å². The molecule has 0 bridgehead atoms. The predicted molar refractivity (Wildman–Crippen MR) is 81.0 cm³/mol. The van der Waals surface area contributed by atoms with E-state index in [0.717, 1.165) is 11.3 Å². The van der Waals surface area contributed by atoms with Gasteiger partial charge in [0.2, 0.25) is 5.78 Å². The molecule has 0 saturated carbocycles. The first-order valence-corrected chi connectivity index (χ1v) is 6.65. The number of rotatable bonds is 4. The highest BCUT2D eigenvalue weighted by molar-refractivity contribution is 6.04. The van der Waals surface area contributed by atoms with Crippen molar-refractivity contribution in [3.8, 4) is 11.3 Å². The summed E-state index contributed by atoms with van der Waals surface area (Å²) in [6.45, 7) is 2.04. The Labute approximate surface area is 122 Å². The van der Waals surface area contributed by atoms with E-state index in [1.807, 2.05) is 43.3 Å². The molecule has 0 fully saturated rings. The Morgan fingerprint density at radius 1 is 1.05 bits per heavy atom. The fourth-order valence-corrected chi connectivity index (χ4v) is 1.97. The lowest BCUT2D eigenvalue weighted by Gasteiger charge is -1.97. The minimum atomic E-state index is -0.187. The third-order valence-electron chi connectivity index (χ3n) is 3.13. The van der Waals surface area contributed by atoms with Crippen molar-refractivity contribution in [3.05, 3.63) is 78.0 Å². The Morgan fingerprint density at radius 2 is 1.86 bits per heavy atom. The Hall–Kier alpha value is -2.81.